The van der Waals surface area contributed by atoms with E-state index in [1.54, 1.807) is 35.2 Å². The van der Waals surface area contributed by atoms with Crippen LogP contribution in [0, 0.1) is 3.57 Å². The normalized spacial score (nSPS) is 10.4. The Morgan fingerprint density at radius 2 is 2.05 bits per heavy atom. The van der Waals surface area contributed by atoms with Crippen LogP contribution in [0.1, 0.15) is 23.7 Å². The zero-order valence-electron chi connectivity index (χ0n) is 11.7. The van der Waals surface area contributed by atoms with Gasteiger partial charge in [-0.05, 0) is 65.4 Å². The number of hydrogen-bond donors (Lipinski definition) is 2. The summed E-state index contributed by atoms with van der Waals surface area (Å²) in [6.45, 7) is 2.56. The van der Waals surface area contributed by atoms with Crippen molar-refractivity contribution in [1.29, 1.82) is 0 Å². The predicted molar refractivity (Wildman–Crippen MR) is 93.6 cm³/mol. The fraction of sp³-hybridized carbons (Fsp3) is 0.188. The minimum Gasteiger partial charge on any atom is -0.507 e. The highest BCUT2D eigenvalue weighted by Gasteiger charge is 2.20. The Hall–Kier alpha value is -1.76. The Bertz CT molecular complexity index is 658. The van der Waals surface area contributed by atoms with Gasteiger partial charge in [0.15, 0.2) is 0 Å². The summed E-state index contributed by atoms with van der Waals surface area (Å²) in [4.78, 5) is 14.4. The van der Waals surface area contributed by atoms with Crippen LogP contribution in [0.25, 0.3) is 0 Å². The first-order valence-corrected chi connectivity index (χ1v) is 7.76. The molecule has 5 heteroatoms. The molecule has 2 aromatic rings. The van der Waals surface area contributed by atoms with Crippen molar-refractivity contribution in [3.63, 3.8) is 0 Å². The van der Waals surface area contributed by atoms with Gasteiger partial charge in [0.25, 0.3) is 5.91 Å². The van der Waals surface area contributed by atoms with Gasteiger partial charge in [0.2, 0.25) is 0 Å². The van der Waals surface area contributed by atoms with Gasteiger partial charge in [0.05, 0.1) is 5.56 Å². The van der Waals surface area contributed by atoms with Crippen molar-refractivity contribution in [2.75, 3.05) is 17.2 Å². The molecule has 0 unspecified atom stereocenters. The molecule has 0 saturated carbocycles. The maximum atomic E-state index is 12.7. The van der Waals surface area contributed by atoms with Gasteiger partial charge in [-0.25, -0.2) is 0 Å². The Kier molecular flexibility index (Phi) is 5.06. The third-order valence-corrected chi connectivity index (χ3v) is 3.73. The topological polar surface area (TPSA) is 66.6 Å². The van der Waals surface area contributed by atoms with E-state index in [1.807, 2.05) is 19.1 Å². The number of nitrogens with two attached hydrogens (primary N) is 1. The molecule has 0 aliphatic heterocycles. The van der Waals surface area contributed by atoms with E-state index in [2.05, 4.69) is 22.6 Å². The smallest absolute Gasteiger partial charge is 0.262 e. The van der Waals surface area contributed by atoms with Crippen LogP contribution in [-0.4, -0.2) is 17.6 Å². The molecule has 1 amide bonds. The highest BCUT2D eigenvalue weighted by molar-refractivity contribution is 14.1. The van der Waals surface area contributed by atoms with Crippen LogP contribution in [0.15, 0.2) is 42.5 Å². The number of carbonyl (C=O) groups excluding carboxylic acids is 1. The Morgan fingerprint density at radius 3 is 2.71 bits per heavy atom. The van der Waals surface area contributed by atoms with E-state index in [9.17, 15) is 9.90 Å². The Labute approximate surface area is 137 Å². The molecule has 2 rings (SSSR count). The zero-order valence-corrected chi connectivity index (χ0v) is 13.9. The Morgan fingerprint density at radius 1 is 1.29 bits per heavy atom. The third kappa shape index (κ3) is 3.66. The minimum atomic E-state index is -0.224. The number of phenols is 1. The minimum absolute atomic E-state index is 0.00887. The second kappa shape index (κ2) is 6.80. The van der Waals surface area contributed by atoms with Gasteiger partial charge in [-0.2, -0.15) is 0 Å². The first-order valence-electron chi connectivity index (χ1n) is 6.69. The molecule has 0 bridgehead atoms. The first kappa shape index (κ1) is 15.6. The van der Waals surface area contributed by atoms with Crippen molar-refractivity contribution in [2.45, 2.75) is 13.3 Å². The van der Waals surface area contributed by atoms with Crippen LogP contribution < -0.4 is 10.6 Å². The van der Waals surface area contributed by atoms with Crippen LogP contribution >= 0.6 is 22.6 Å². The molecular formula is C16H17IN2O2. The van der Waals surface area contributed by atoms with Gasteiger partial charge in [-0.1, -0.05) is 13.0 Å². The first-order chi connectivity index (χ1) is 10.0. The number of nitrogen functional groups attached to an aromatic ring is 1. The lowest BCUT2D eigenvalue weighted by molar-refractivity contribution is 0.0984. The number of carbonyl (C=O) groups is 1. The second-order valence-corrected chi connectivity index (χ2v) is 5.96. The van der Waals surface area contributed by atoms with Crippen LogP contribution in [0.3, 0.4) is 0 Å². The standard InChI is InChI=1S/C16H17IN2O2/c1-2-8-19(13-5-3-4-12(18)10-13)16(21)14-9-11(17)6-7-15(14)20/h3-7,9-10,20H,2,8,18H2,1H3. The van der Waals surface area contributed by atoms with Crippen LogP contribution in [0.2, 0.25) is 0 Å². The summed E-state index contributed by atoms with van der Waals surface area (Å²) in [7, 11) is 0. The summed E-state index contributed by atoms with van der Waals surface area (Å²) >= 11 is 2.12. The number of halogens is 1. The van der Waals surface area contributed by atoms with Gasteiger partial charge in [-0.15, -0.1) is 0 Å². The zero-order chi connectivity index (χ0) is 15.4. The number of aromatic hydroxyl groups is 1. The average Bonchev–Trinajstić information content (AvgIpc) is 2.46. The fourth-order valence-electron chi connectivity index (χ4n) is 2.09. The number of amides is 1. The molecule has 0 aliphatic carbocycles. The van der Waals surface area contributed by atoms with E-state index in [0.29, 0.717) is 17.8 Å². The van der Waals surface area contributed by atoms with Crippen molar-refractivity contribution in [3.8, 4) is 5.75 Å². The fourth-order valence-corrected chi connectivity index (χ4v) is 2.58. The van der Waals surface area contributed by atoms with Gasteiger partial charge in [-0.3, -0.25) is 4.79 Å². The predicted octanol–water partition coefficient (Wildman–Crippen LogP) is 3.64. The number of rotatable bonds is 4. The van der Waals surface area contributed by atoms with E-state index in [-0.39, 0.29) is 11.7 Å². The summed E-state index contributed by atoms with van der Waals surface area (Å²) < 4.78 is 0.901. The third-order valence-electron chi connectivity index (χ3n) is 3.06. The second-order valence-electron chi connectivity index (χ2n) is 4.71. The van der Waals surface area contributed by atoms with Gasteiger partial charge >= 0.3 is 0 Å². The van der Waals surface area contributed by atoms with Crippen molar-refractivity contribution >= 4 is 39.9 Å². The van der Waals surface area contributed by atoms with Crippen molar-refractivity contribution in [2.24, 2.45) is 0 Å². The summed E-state index contributed by atoms with van der Waals surface area (Å²) in [6, 6.07) is 12.2. The number of benzene rings is 2. The molecule has 0 heterocycles. The van der Waals surface area contributed by atoms with E-state index >= 15 is 0 Å². The molecule has 21 heavy (non-hydrogen) atoms. The highest BCUT2D eigenvalue weighted by atomic mass is 127. The van der Waals surface area contributed by atoms with E-state index in [4.69, 9.17) is 5.73 Å². The lowest BCUT2D eigenvalue weighted by atomic mass is 10.1. The van der Waals surface area contributed by atoms with Crippen molar-refractivity contribution in [3.05, 3.63) is 51.6 Å². The van der Waals surface area contributed by atoms with E-state index in [1.165, 1.54) is 0 Å². The monoisotopic (exact) mass is 396 g/mol. The summed E-state index contributed by atoms with van der Waals surface area (Å²) in [6.07, 6.45) is 0.811. The summed E-state index contributed by atoms with van der Waals surface area (Å²) in [5, 5.41) is 9.95. The maximum Gasteiger partial charge on any atom is 0.262 e. The summed E-state index contributed by atoms with van der Waals surface area (Å²) in [5.41, 5.74) is 7.44. The molecule has 0 aliphatic rings. The van der Waals surface area contributed by atoms with Gasteiger partial charge in [0.1, 0.15) is 5.75 Å². The molecule has 2 aromatic carbocycles. The lowest BCUT2D eigenvalue weighted by Gasteiger charge is -2.23. The quantitative estimate of drug-likeness (QED) is 0.613. The number of phenolic OH excluding ortho intramolecular Hbond substituents is 1. The summed E-state index contributed by atoms with van der Waals surface area (Å²) in [5.74, 6) is -0.233. The molecule has 110 valence electrons. The van der Waals surface area contributed by atoms with Crippen LogP contribution in [0.4, 0.5) is 11.4 Å². The molecular weight excluding hydrogens is 379 g/mol. The maximum absolute atomic E-state index is 12.7. The molecule has 4 nitrogen and oxygen atoms in total. The average molecular weight is 396 g/mol. The number of anilines is 2. The van der Waals surface area contributed by atoms with E-state index < -0.39 is 0 Å². The van der Waals surface area contributed by atoms with Crippen LogP contribution in [0.5, 0.6) is 5.75 Å². The molecule has 0 spiro atoms. The van der Waals surface area contributed by atoms with Crippen LogP contribution in [-0.2, 0) is 0 Å². The lowest BCUT2D eigenvalue weighted by Crippen LogP contribution is -2.31. The number of nitrogens with zero attached hydrogens (tertiary/aromatic N) is 1. The van der Waals surface area contributed by atoms with E-state index in [0.717, 1.165) is 15.7 Å². The molecule has 0 aromatic heterocycles. The molecule has 3 N–H and O–H groups in total. The highest BCUT2D eigenvalue weighted by Crippen LogP contribution is 2.25. The molecule has 0 fully saturated rings. The SMILES string of the molecule is CCCN(C(=O)c1cc(I)ccc1O)c1cccc(N)c1. The molecule has 0 saturated heterocycles. The Balaban J connectivity index is 2.42. The van der Waals surface area contributed by atoms with Crippen molar-refractivity contribution < 1.29 is 9.90 Å². The largest absolute Gasteiger partial charge is 0.507 e. The molecule has 0 atom stereocenters. The van der Waals surface area contributed by atoms with Crippen molar-refractivity contribution in [1.82, 2.24) is 0 Å². The van der Waals surface area contributed by atoms with Gasteiger partial charge in [0, 0.05) is 21.5 Å². The number of hydrogen-bond acceptors (Lipinski definition) is 3. The van der Waals surface area contributed by atoms with Gasteiger partial charge < -0.3 is 15.7 Å². The molecule has 0 radical (unpaired) electrons.